The van der Waals surface area contributed by atoms with Crippen LogP contribution in [0.2, 0.25) is 0 Å². The zero-order valence-corrected chi connectivity index (χ0v) is 14.1. The average Bonchev–Trinajstić information content (AvgIpc) is 2.52. The monoisotopic (exact) mass is 318 g/mol. The number of aliphatic hydroxyl groups is 1. The summed E-state index contributed by atoms with van der Waals surface area (Å²) >= 11 is 0. The minimum absolute atomic E-state index is 0.0496. The van der Waals surface area contributed by atoms with E-state index in [0.29, 0.717) is 37.2 Å². The summed E-state index contributed by atoms with van der Waals surface area (Å²) in [5.74, 6) is 1.29. The van der Waals surface area contributed by atoms with Crippen molar-refractivity contribution >= 4 is 11.8 Å². The van der Waals surface area contributed by atoms with Crippen LogP contribution in [-0.4, -0.2) is 23.5 Å². The van der Waals surface area contributed by atoms with E-state index in [1.807, 2.05) is 0 Å². The van der Waals surface area contributed by atoms with Crippen molar-refractivity contribution in [2.75, 3.05) is 6.61 Å². The van der Waals surface area contributed by atoms with Crippen LogP contribution in [0.4, 0.5) is 0 Å². The van der Waals surface area contributed by atoms with Crippen LogP contribution in [0.3, 0.4) is 0 Å². The highest BCUT2D eigenvalue weighted by molar-refractivity contribution is 5.95. The third kappa shape index (κ3) is 2.03. The standard InChI is InChI=1S/C19H26O4/c1-18-7-5-12-11(14(18)9-16(21)23-10-18)3-4-13-17(22)15(20)6-8-19(12,13)2/h11-12,14,22H,3-10H2,1-2H3/t11-,12+,14+,18-,19-/m1/s1. The predicted octanol–water partition coefficient (Wildman–Crippen LogP) is 3.56. The van der Waals surface area contributed by atoms with Gasteiger partial charge in [-0.1, -0.05) is 13.8 Å². The van der Waals surface area contributed by atoms with Gasteiger partial charge < -0.3 is 9.84 Å². The molecule has 0 bridgehead atoms. The van der Waals surface area contributed by atoms with Crippen molar-refractivity contribution < 1.29 is 19.4 Å². The fraction of sp³-hybridized carbons (Fsp3) is 0.789. The van der Waals surface area contributed by atoms with Crippen LogP contribution in [0, 0.1) is 28.6 Å². The lowest BCUT2D eigenvalue weighted by Crippen LogP contribution is -2.54. The van der Waals surface area contributed by atoms with Crippen molar-refractivity contribution in [1.29, 1.82) is 0 Å². The molecule has 3 fully saturated rings. The molecular formula is C19H26O4. The zero-order valence-electron chi connectivity index (χ0n) is 14.1. The van der Waals surface area contributed by atoms with E-state index in [1.165, 1.54) is 0 Å². The second kappa shape index (κ2) is 4.84. The number of ketones is 1. The molecule has 23 heavy (non-hydrogen) atoms. The number of allylic oxidation sites excluding steroid dienone is 2. The maximum atomic E-state index is 11.9. The molecule has 0 radical (unpaired) electrons. The number of carbonyl (C=O) groups is 2. The topological polar surface area (TPSA) is 63.6 Å². The van der Waals surface area contributed by atoms with Gasteiger partial charge in [-0.25, -0.2) is 0 Å². The Morgan fingerprint density at radius 3 is 2.65 bits per heavy atom. The smallest absolute Gasteiger partial charge is 0.306 e. The second-order valence-corrected chi connectivity index (χ2v) is 8.64. The van der Waals surface area contributed by atoms with E-state index in [0.717, 1.165) is 37.7 Å². The van der Waals surface area contributed by atoms with Gasteiger partial charge in [0.25, 0.3) is 0 Å². The number of rotatable bonds is 0. The summed E-state index contributed by atoms with van der Waals surface area (Å²) < 4.78 is 5.36. The number of esters is 1. The molecule has 0 aromatic rings. The molecule has 5 atom stereocenters. The molecule has 1 saturated heterocycles. The number of cyclic esters (lactones) is 1. The summed E-state index contributed by atoms with van der Waals surface area (Å²) in [5, 5.41) is 10.3. The molecule has 4 aliphatic rings. The van der Waals surface area contributed by atoms with E-state index >= 15 is 0 Å². The number of carbonyl (C=O) groups excluding carboxylic acids is 2. The Labute approximate surface area is 137 Å². The summed E-state index contributed by atoms with van der Waals surface area (Å²) in [4.78, 5) is 23.8. The van der Waals surface area contributed by atoms with Gasteiger partial charge in [0.05, 0.1) is 6.61 Å². The number of Topliss-reactive ketones (excluding diaryl/α,β-unsaturated/α-hetero) is 1. The van der Waals surface area contributed by atoms with Crippen LogP contribution in [-0.2, 0) is 14.3 Å². The van der Waals surface area contributed by atoms with Crippen molar-refractivity contribution in [2.24, 2.45) is 28.6 Å². The van der Waals surface area contributed by atoms with Gasteiger partial charge in [-0.05, 0) is 60.8 Å². The highest BCUT2D eigenvalue weighted by Crippen LogP contribution is 2.63. The Balaban J connectivity index is 1.71. The number of fused-ring (bicyclic) bond motifs is 5. The molecule has 1 N–H and O–H groups in total. The van der Waals surface area contributed by atoms with Gasteiger partial charge in [0.1, 0.15) is 0 Å². The van der Waals surface area contributed by atoms with Gasteiger partial charge in [-0.15, -0.1) is 0 Å². The van der Waals surface area contributed by atoms with Crippen molar-refractivity contribution in [3.05, 3.63) is 11.3 Å². The average molecular weight is 318 g/mol. The Bertz CT molecular complexity index is 606. The van der Waals surface area contributed by atoms with Crippen molar-refractivity contribution in [3.8, 4) is 0 Å². The van der Waals surface area contributed by atoms with E-state index < -0.39 is 0 Å². The van der Waals surface area contributed by atoms with Gasteiger partial charge in [-0.3, -0.25) is 9.59 Å². The van der Waals surface area contributed by atoms with Gasteiger partial charge >= 0.3 is 5.97 Å². The molecule has 0 aromatic carbocycles. The van der Waals surface area contributed by atoms with E-state index in [-0.39, 0.29) is 28.3 Å². The van der Waals surface area contributed by atoms with E-state index in [9.17, 15) is 14.7 Å². The molecule has 3 aliphatic carbocycles. The molecule has 126 valence electrons. The Morgan fingerprint density at radius 1 is 1.09 bits per heavy atom. The van der Waals surface area contributed by atoms with Crippen LogP contribution >= 0.6 is 0 Å². The van der Waals surface area contributed by atoms with Crippen LogP contribution in [0.1, 0.15) is 58.8 Å². The fourth-order valence-corrected chi connectivity index (χ4v) is 6.14. The van der Waals surface area contributed by atoms with Crippen molar-refractivity contribution in [2.45, 2.75) is 58.8 Å². The lowest BCUT2D eigenvalue weighted by atomic mass is 9.46. The third-order valence-corrected chi connectivity index (χ3v) is 7.56. The normalized spacial score (nSPS) is 46.6. The van der Waals surface area contributed by atoms with Gasteiger partial charge in [0.15, 0.2) is 11.5 Å². The number of hydrogen-bond acceptors (Lipinski definition) is 4. The first kappa shape index (κ1) is 15.2. The zero-order chi connectivity index (χ0) is 16.4. The lowest BCUT2D eigenvalue weighted by Gasteiger charge is -2.59. The maximum absolute atomic E-state index is 11.9. The molecule has 0 unspecified atom stereocenters. The van der Waals surface area contributed by atoms with Gasteiger partial charge in [0, 0.05) is 18.3 Å². The van der Waals surface area contributed by atoms with Gasteiger partial charge in [-0.2, -0.15) is 0 Å². The molecule has 1 heterocycles. The number of ether oxygens (including phenoxy) is 1. The first-order valence-electron chi connectivity index (χ1n) is 8.96. The van der Waals surface area contributed by atoms with E-state index in [1.54, 1.807) is 0 Å². The Morgan fingerprint density at radius 2 is 1.87 bits per heavy atom. The fourth-order valence-electron chi connectivity index (χ4n) is 6.14. The van der Waals surface area contributed by atoms with Crippen molar-refractivity contribution in [1.82, 2.24) is 0 Å². The molecule has 0 amide bonds. The summed E-state index contributed by atoms with van der Waals surface area (Å²) in [6.45, 7) is 5.07. The number of aliphatic hydroxyl groups excluding tert-OH is 1. The Kier molecular flexibility index (Phi) is 3.20. The molecular weight excluding hydrogens is 292 g/mol. The second-order valence-electron chi connectivity index (χ2n) is 8.64. The molecule has 2 saturated carbocycles. The third-order valence-electron chi connectivity index (χ3n) is 7.56. The largest absolute Gasteiger partial charge is 0.504 e. The minimum atomic E-state index is -0.0854. The number of hydrogen-bond donors (Lipinski definition) is 1. The lowest BCUT2D eigenvalue weighted by molar-refractivity contribution is -0.173. The highest BCUT2D eigenvalue weighted by atomic mass is 16.5. The van der Waals surface area contributed by atoms with Crippen LogP contribution in [0.25, 0.3) is 0 Å². The first-order chi connectivity index (χ1) is 10.8. The minimum Gasteiger partial charge on any atom is -0.504 e. The molecule has 4 nitrogen and oxygen atoms in total. The Hall–Kier alpha value is -1.32. The summed E-state index contributed by atoms with van der Waals surface area (Å²) in [6.07, 6.45) is 5.81. The molecule has 0 aromatic heterocycles. The van der Waals surface area contributed by atoms with E-state index in [2.05, 4.69) is 13.8 Å². The summed E-state index contributed by atoms with van der Waals surface area (Å²) in [7, 11) is 0. The van der Waals surface area contributed by atoms with Crippen molar-refractivity contribution in [3.63, 3.8) is 0 Å². The molecule has 4 heteroatoms. The molecule has 4 rings (SSSR count). The van der Waals surface area contributed by atoms with Crippen LogP contribution in [0.5, 0.6) is 0 Å². The predicted molar refractivity (Wildman–Crippen MR) is 84.6 cm³/mol. The SMILES string of the molecule is C[C@]12CC[C@H]3[C@@H](CCC4=C(O)C(=O)CC[C@@]43C)[C@@H]1CC(=O)OC2. The van der Waals surface area contributed by atoms with Gasteiger partial charge in [0.2, 0.25) is 0 Å². The highest BCUT2D eigenvalue weighted by Gasteiger charge is 2.57. The molecule has 1 aliphatic heterocycles. The van der Waals surface area contributed by atoms with Crippen LogP contribution in [0.15, 0.2) is 11.3 Å². The maximum Gasteiger partial charge on any atom is 0.306 e. The molecule has 0 spiro atoms. The summed E-state index contributed by atoms with van der Waals surface area (Å²) in [5.41, 5.74) is 1.04. The van der Waals surface area contributed by atoms with Crippen LogP contribution < -0.4 is 0 Å². The van der Waals surface area contributed by atoms with E-state index in [4.69, 9.17) is 4.74 Å². The summed E-state index contributed by atoms with van der Waals surface area (Å²) in [6, 6.07) is 0. The quantitative estimate of drug-likeness (QED) is 0.694. The first-order valence-corrected chi connectivity index (χ1v) is 8.96.